The Morgan fingerprint density at radius 3 is 2.61 bits per heavy atom. The van der Waals surface area contributed by atoms with Crippen molar-refractivity contribution in [1.29, 1.82) is 0 Å². The van der Waals surface area contributed by atoms with Gasteiger partial charge in [-0.2, -0.15) is 0 Å². The number of aromatic hydroxyl groups is 1. The lowest BCUT2D eigenvalue weighted by Crippen LogP contribution is -2.30. The number of hydrogen-bond acceptors (Lipinski definition) is 3. The third kappa shape index (κ3) is 2.89. The molecule has 120 valence electrons. The van der Waals surface area contributed by atoms with Crippen LogP contribution >= 0.6 is 0 Å². The van der Waals surface area contributed by atoms with Crippen LogP contribution in [0.1, 0.15) is 35.7 Å². The van der Waals surface area contributed by atoms with Gasteiger partial charge in [0.05, 0.1) is 5.56 Å². The number of amides is 1. The summed E-state index contributed by atoms with van der Waals surface area (Å²) in [6, 6.07) is 14.8. The van der Waals surface area contributed by atoms with E-state index in [9.17, 15) is 9.90 Å². The summed E-state index contributed by atoms with van der Waals surface area (Å²) in [4.78, 5) is 14.7. The van der Waals surface area contributed by atoms with Crippen LogP contribution in [0.5, 0.6) is 5.75 Å². The zero-order valence-corrected chi connectivity index (χ0v) is 13.5. The third-order valence-electron chi connectivity index (χ3n) is 4.70. The SMILES string of the molecule is CC1(C)CN(C(=O)c2cc(O)ccc2N)CC1c1ccccc1. The van der Waals surface area contributed by atoms with Crippen molar-refractivity contribution < 1.29 is 9.90 Å². The molecule has 1 aliphatic rings. The van der Waals surface area contributed by atoms with E-state index in [0.717, 1.165) is 0 Å². The largest absolute Gasteiger partial charge is 0.508 e. The summed E-state index contributed by atoms with van der Waals surface area (Å²) < 4.78 is 0. The minimum atomic E-state index is -0.120. The first-order valence-electron chi connectivity index (χ1n) is 7.81. The van der Waals surface area contributed by atoms with Crippen molar-refractivity contribution in [3.63, 3.8) is 0 Å². The molecule has 0 spiro atoms. The lowest BCUT2D eigenvalue weighted by atomic mass is 9.78. The van der Waals surface area contributed by atoms with Crippen molar-refractivity contribution in [2.45, 2.75) is 19.8 Å². The highest BCUT2D eigenvalue weighted by Gasteiger charge is 2.42. The van der Waals surface area contributed by atoms with Crippen molar-refractivity contribution >= 4 is 11.6 Å². The predicted octanol–water partition coefficient (Wildman–Crippen LogP) is 3.24. The molecular weight excluding hydrogens is 288 g/mol. The van der Waals surface area contributed by atoms with Crippen LogP contribution in [0.4, 0.5) is 5.69 Å². The minimum Gasteiger partial charge on any atom is -0.508 e. The molecule has 1 atom stereocenters. The summed E-state index contributed by atoms with van der Waals surface area (Å²) in [6.07, 6.45) is 0. The minimum absolute atomic E-state index is 0.0113. The number of carbonyl (C=O) groups excluding carboxylic acids is 1. The van der Waals surface area contributed by atoms with E-state index < -0.39 is 0 Å². The number of phenols is 1. The molecule has 1 saturated heterocycles. The van der Waals surface area contributed by atoms with Gasteiger partial charge in [-0.15, -0.1) is 0 Å². The topological polar surface area (TPSA) is 66.6 Å². The van der Waals surface area contributed by atoms with E-state index in [2.05, 4.69) is 26.0 Å². The molecule has 4 nitrogen and oxygen atoms in total. The van der Waals surface area contributed by atoms with Gasteiger partial charge in [-0.25, -0.2) is 0 Å². The first-order chi connectivity index (χ1) is 10.9. The van der Waals surface area contributed by atoms with Gasteiger partial charge in [0.2, 0.25) is 0 Å². The Bertz CT molecular complexity index is 725. The average Bonchev–Trinajstić information content (AvgIpc) is 2.85. The Balaban J connectivity index is 1.88. The lowest BCUT2D eigenvalue weighted by molar-refractivity contribution is 0.0778. The van der Waals surface area contributed by atoms with Crippen molar-refractivity contribution in [3.05, 3.63) is 59.7 Å². The molecule has 0 saturated carbocycles. The molecule has 0 radical (unpaired) electrons. The van der Waals surface area contributed by atoms with Crippen LogP contribution in [-0.4, -0.2) is 29.0 Å². The lowest BCUT2D eigenvalue weighted by Gasteiger charge is -2.25. The van der Waals surface area contributed by atoms with E-state index in [4.69, 9.17) is 5.73 Å². The first-order valence-corrected chi connectivity index (χ1v) is 7.81. The zero-order valence-electron chi connectivity index (χ0n) is 13.5. The highest BCUT2D eigenvalue weighted by molar-refractivity contribution is 5.99. The molecule has 1 aliphatic heterocycles. The highest BCUT2D eigenvalue weighted by Crippen LogP contribution is 2.42. The molecule has 3 rings (SSSR count). The van der Waals surface area contributed by atoms with Crippen LogP contribution in [-0.2, 0) is 0 Å². The van der Waals surface area contributed by atoms with E-state index in [1.807, 2.05) is 23.1 Å². The van der Waals surface area contributed by atoms with Gasteiger partial charge in [-0.3, -0.25) is 4.79 Å². The molecule has 3 N–H and O–H groups in total. The smallest absolute Gasteiger partial charge is 0.256 e. The summed E-state index contributed by atoms with van der Waals surface area (Å²) >= 11 is 0. The number of hydrogen-bond donors (Lipinski definition) is 2. The van der Waals surface area contributed by atoms with Crippen LogP contribution in [0, 0.1) is 5.41 Å². The van der Waals surface area contributed by atoms with E-state index in [-0.39, 0.29) is 23.0 Å². The van der Waals surface area contributed by atoms with Gasteiger partial charge in [0, 0.05) is 24.7 Å². The molecule has 1 fully saturated rings. The average molecular weight is 310 g/mol. The second kappa shape index (κ2) is 5.61. The molecule has 2 aromatic carbocycles. The summed E-state index contributed by atoms with van der Waals surface area (Å²) in [7, 11) is 0. The number of benzene rings is 2. The van der Waals surface area contributed by atoms with Gasteiger partial charge in [0.25, 0.3) is 5.91 Å². The van der Waals surface area contributed by atoms with E-state index >= 15 is 0 Å². The summed E-state index contributed by atoms with van der Waals surface area (Å²) in [6.45, 7) is 5.69. The van der Waals surface area contributed by atoms with Crippen LogP contribution in [0.3, 0.4) is 0 Å². The molecule has 2 aromatic rings. The number of nitrogens with zero attached hydrogens (tertiary/aromatic N) is 1. The van der Waals surface area contributed by atoms with Crippen LogP contribution < -0.4 is 5.73 Å². The van der Waals surface area contributed by atoms with E-state index in [0.29, 0.717) is 24.3 Å². The number of rotatable bonds is 2. The Morgan fingerprint density at radius 2 is 1.91 bits per heavy atom. The number of anilines is 1. The molecule has 1 heterocycles. The van der Waals surface area contributed by atoms with Crippen LogP contribution in [0.2, 0.25) is 0 Å². The molecule has 0 bridgehead atoms. The zero-order chi connectivity index (χ0) is 16.6. The second-order valence-corrected chi connectivity index (χ2v) is 6.91. The monoisotopic (exact) mass is 310 g/mol. The summed E-state index contributed by atoms with van der Waals surface area (Å²) in [5, 5.41) is 9.64. The Kier molecular flexibility index (Phi) is 3.76. The summed E-state index contributed by atoms with van der Waals surface area (Å²) in [5.41, 5.74) is 7.92. The summed E-state index contributed by atoms with van der Waals surface area (Å²) in [5.74, 6) is 0.219. The highest BCUT2D eigenvalue weighted by atomic mass is 16.3. The maximum absolute atomic E-state index is 12.8. The molecule has 23 heavy (non-hydrogen) atoms. The maximum Gasteiger partial charge on any atom is 0.256 e. The molecule has 4 heteroatoms. The van der Waals surface area contributed by atoms with Gasteiger partial charge in [-0.05, 0) is 29.2 Å². The second-order valence-electron chi connectivity index (χ2n) is 6.91. The number of likely N-dealkylation sites (tertiary alicyclic amines) is 1. The molecule has 0 aliphatic carbocycles. The van der Waals surface area contributed by atoms with Crippen LogP contribution in [0.15, 0.2) is 48.5 Å². The third-order valence-corrected chi connectivity index (χ3v) is 4.70. The number of nitrogens with two attached hydrogens (primary N) is 1. The normalized spacial score (nSPS) is 19.7. The molecule has 0 aromatic heterocycles. The predicted molar refractivity (Wildman–Crippen MR) is 91.4 cm³/mol. The quantitative estimate of drug-likeness (QED) is 0.661. The Hall–Kier alpha value is -2.49. The van der Waals surface area contributed by atoms with Gasteiger partial charge in [0.1, 0.15) is 5.75 Å². The Morgan fingerprint density at radius 1 is 1.22 bits per heavy atom. The van der Waals surface area contributed by atoms with Gasteiger partial charge >= 0.3 is 0 Å². The number of phenolic OH excluding ortho intramolecular Hbond substituents is 1. The van der Waals surface area contributed by atoms with Crippen molar-refractivity contribution in [2.75, 3.05) is 18.8 Å². The van der Waals surface area contributed by atoms with Gasteiger partial charge in [-0.1, -0.05) is 44.2 Å². The van der Waals surface area contributed by atoms with Crippen molar-refractivity contribution in [2.24, 2.45) is 5.41 Å². The first kappa shape index (κ1) is 15.4. The van der Waals surface area contributed by atoms with E-state index in [1.165, 1.54) is 17.7 Å². The molecule has 1 amide bonds. The van der Waals surface area contributed by atoms with Crippen molar-refractivity contribution in [3.8, 4) is 5.75 Å². The van der Waals surface area contributed by atoms with Crippen molar-refractivity contribution in [1.82, 2.24) is 4.90 Å². The van der Waals surface area contributed by atoms with Gasteiger partial charge in [0.15, 0.2) is 0 Å². The Labute approximate surface area is 136 Å². The molecular formula is C19H22N2O2. The maximum atomic E-state index is 12.8. The van der Waals surface area contributed by atoms with E-state index in [1.54, 1.807) is 6.07 Å². The fourth-order valence-corrected chi connectivity index (χ4v) is 3.43. The number of carbonyl (C=O) groups is 1. The fourth-order valence-electron chi connectivity index (χ4n) is 3.43. The van der Waals surface area contributed by atoms with Crippen LogP contribution in [0.25, 0.3) is 0 Å². The standard InChI is InChI=1S/C19H22N2O2/c1-19(2)12-21(11-16(19)13-6-4-3-5-7-13)18(23)15-10-14(22)8-9-17(15)20/h3-10,16,22H,11-12,20H2,1-2H3. The fraction of sp³-hybridized carbons (Fsp3) is 0.316. The van der Waals surface area contributed by atoms with Gasteiger partial charge < -0.3 is 15.7 Å². The molecule has 1 unspecified atom stereocenters. The number of nitrogen functional groups attached to an aromatic ring is 1.